The molecule has 0 amide bonds. The minimum atomic E-state index is 0.896. The van der Waals surface area contributed by atoms with Crippen LogP contribution in [0, 0.1) is 0 Å². The molecule has 0 bridgehead atoms. The summed E-state index contributed by atoms with van der Waals surface area (Å²) in [5, 5.41) is 4.65. The van der Waals surface area contributed by atoms with Crippen LogP contribution in [-0.4, -0.2) is 0 Å². The van der Waals surface area contributed by atoms with Crippen molar-refractivity contribution in [3.8, 4) is 22.3 Å². The van der Waals surface area contributed by atoms with Crippen LogP contribution in [0.1, 0.15) is 0 Å². The van der Waals surface area contributed by atoms with Crippen LogP contribution in [0.4, 0.5) is 17.1 Å². The predicted octanol–water partition coefficient (Wildman–Crippen LogP) is 12.8. The van der Waals surface area contributed by atoms with Crippen LogP contribution in [0.25, 0.3) is 64.4 Å². The third-order valence-electron chi connectivity index (χ3n) is 8.61. The van der Waals surface area contributed by atoms with Crippen molar-refractivity contribution in [2.75, 3.05) is 4.90 Å². The molecule has 2 nitrogen and oxygen atoms in total. The van der Waals surface area contributed by atoms with E-state index in [9.17, 15) is 0 Å². The molecule has 9 rings (SSSR count). The average Bonchev–Trinajstić information content (AvgIpc) is 3.68. The van der Waals surface area contributed by atoms with E-state index < -0.39 is 0 Å². The van der Waals surface area contributed by atoms with Crippen molar-refractivity contribution in [3.63, 3.8) is 0 Å². The van der Waals surface area contributed by atoms with Gasteiger partial charge in [0.15, 0.2) is 0 Å². The Morgan fingerprint density at radius 2 is 1.00 bits per heavy atom. The summed E-state index contributed by atoms with van der Waals surface area (Å²) in [6.07, 6.45) is 0. The van der Waals surface area contributed by atoms with Gasteiger partial charge in [-0.3, -0.25) is 0 Å². The van der Waals surface area contributed by atoms with E-state index in [1.165, 1.54) is 42.4 Å². The lowest BCUT2D eigenvalue weighted by Crippen LogP contribution is -2.10. The third-order valence-corrected chi connectivity index (χ3v) is 9.73. The van der Waals surface area contributed by atoms with Crippen LogP contribution >= 0.6 is 11.3 Å². The zero-order valence-corrected chi connectivity index (χ0v) is 25.2. The maximum atomic E-state index is 6.76. The standard InChI is InChI=1S/C42H27NOS/c1-4-14-28(15-5-1)30-24-31(29-16-6-2-7-17-29)26-33(25-30)43(32-18-8-3-9-19-32)36-27-39-41(35-21-11-13-23-38(35)45-39)42-40(36)34-20-10-12-22-37(34)44-42/h1-27H. The number of anilines is 3. The molecular formula is C42H27NOS. The van der Waals surface area contributed by atoms with E-state index in [1.807, 2.05) is 11.3 Å². The van der Waals surface area contributed by atoms with Crippen LogP contribution in [0.5, 0.6) is 0 Å². The molecular weight excluding hydrogens is 567 g/mol. The fraction of sp³-hybridized carbons (Fsp3) is 0. The fourth-order valence-electron chi connectivity index (χ4n) is 6.59. The first kappa shape index (κ1) is 25.8. The molecule has 0 radical (unpaired) electrons. The summed E-state index contributed by atoms with van der Waals surface area (Å²) in [5.74, 6) is 0. The molecule has 0 aliphatic heterocycles. The highest BCUT2D eigenvalue weighted by molar-refractivity contribution is 7.26. The van der Waals surface area contributed by atoms with Gasteiger partial charge < -0.3 is 9.32 Å². The largest absolute Gasteiger partial charge is 0.455 e. The number of nitrogens with zero attached hydrogens (tertiary/aromatic N) is 1. The number of rotatable bonds is 5. The number of fused-ring (bicyclic) bond motifs is 7. The summed E-state index contributed by atoms with van der Waals surface area (Å²) in [7, 11) is 0. The Labute approximate surface area is 265 Å². The van der Waals surface area contributed by atoms with Gasteiger partial charge in [-0.05, 0) is 70.8 Å². The first-order valence-corrected chi connectivity index (χ1v) is 16.0. The van der Waals surface area contributed by atoms with Crippen LogP contribution in [0.3, 0.4) is 0 Å². The van der Waals surface area contributed by atoms with Crippen LogP contribution in [0.15, 0.2) is 168 Å². The van der Waals surface area contributed by atoms with Crippen molar-refractivity contribution in [3.05, 3.63) is 164 Å². The quantitative estimate of drug-likeness (QED) is 0.197. The van der Waals surface area contributed by atoms with Crippen molar-refractivity contribution in [1.29, 1.82) is 0 Å². The molecule has 0 fully saturated rings. The Bertz CT molecular complexity index is 2420. The molecule has 0 aliphatic carbocycles. The van der Waals surface area contributed by atoms with Crippen LogP contribution < -0.4 is 4.90 Å². The van der Waals surface area contributed by atoms with Gasteiger partial charge in [-0.25, -0.2) is 0 Å². The summed E-state index contributed by atoms with van der Waals surface area (Å²) in [6, 6.07) is 58.4. The van der Waals surface area contributed by atoms with E-state index in [2.05, 4.69) is 169 Å². The normalized spacial score (nSPS) is 11.6. The van der Waals surface area contributed by atoms with Crippen molar-refractivity contribution >= 4 is 70.5 Å². The highest BCUT2D eigenvalue weighted by Gasteiger charge is 2.24. The molecule has 0 saturated heterocycles. The smallest absolute Gasteiger partial charge is 0.146 e. The van der Waals surface area contributed by atoms with Crippen molar-refractivity contribution in [2.24, 2.45) is 0 Å². The molecule has 9 aromatic rings. The zero-order chi connectivity index (χ0) is 29.7. The van der Waals surface area contributed by atoms with E-state index >= 15 is 0 Å². The van der Waals surface area contributed by atoms with Crippen molar-refractivity contribution in [1.82, 2.24) is 0 Å². The van der Waals surface area contributed by atoms with E-state index in [-0.39, 0.29) is 0 Å². The number of benzene rings is 7. The lowest BCUT2D eigenvalue weighted by atomic mass is 9.97. The summed E-state index contributed by atoms with van der Waals surface area (Å²) in [6.45, 7) is 0. The van der Waals surface area contributed by atoms with Gasteiger partial charge in [0.25, 0.3) is 0 Å². The summed E-state index contributed by atoms with van der Waals surface area (Å²) in [5.41, 5.74) is 9.82. The first-order chi connectivity index (χ1) is 22.3. The monoisotopic (exact) mass is 593 g/mol. The molecule has 0 spiro atoms. The Kier molecular flexibility index (Phi) is 6.03. The molecule has 2 aromatic heterocycles. The molecule has 212 valence electrons. The van der Waals surface area contributed by atoms with Gasteiger partial charge in [-0.1, -0.05) is 115 Å². The van der Waals surface area contributed by atoms with E-state index in [0.717, 1.165) is 39.0 Å². The molecule has 45 heavy (non-hydrogen) atoms. The second kappa shape index (κ2) is 10.5. The number of furan rings is 1. The van der Waals surface area contributed by atoms with Gasteiger partial charge in [0.1, 0.15) is 11.2 Å². The minimum absolute atomic E-state index is 0.896. The number of hydrogen-bond donors (Lipinski definition) is 0. The number of hydrogen-bond acceptors (Lipinski definition) is 3. The zero-order valence-electron chi connectivity index (χ0n) is 24.4. The molecule has 0 aliphatic rings. The molecule has 0 atom stereocenters. The van der Waals surface area contributed by atoms with Gasteiger partial charge >= 0.3 is 0 Å². The Morgan fingerprint density at radius 1 is 0.422 bits per heavy atom. The highest BCUT2D eigenvalue weighted by atomic mass is 32.1. The third kappa shape index (κ3) is 4.32. The lowest BCUT2D eigenvalue weighted by Gasteiger charge is -2.27. The maximum Gasteiger partial charge on any atom is 0.146 e. The molecule has 0 saturated carbocycles. The van der Waals surface area contributed by atoms with Gasteiger partial charge in [0, 0.05) is 36.9 Å². The number of para-hydroxylation sites is 2. The van der Waals surface area contributed by atoms with E-state index in [4.69, 9.17) is 4.42 Å². The van der Waals surface area contributed by atoms with E-state index in [0.29, 0.717) is 0 Å². The fourth-order valence-corrected chi connectivity index (χ4v) is 7.73. The minimum Gasteiger partial charge on any atom is -0.455 e. The molecule has 0 N–H and O–H groups in total. The summed E-state index contributed by atoms with van der Waals surface area (Å²) in [4.78, 5) is 2.41. The SMILES string of the molecule is c1ccc(-c2cc(-c3ccccc3)cc(N(c3ccccc3)c3cc4sc5ccccc5c4c4oc5ccccc5c34)c2)cc1. The molecule has 3 heteroatoms. The second-order valence-corrected chi connectivity index (χ2v) is 12.4. The predicted molar refractivity (Wildman–Crippen MR) is 192 cm³/mol. The Hall–Kier alpha value is -5.64. The average molecular weight is 594 g/mol. The molecule has 0 unspecified atom stereocenters. The van der Waals surface area contributed by atoms with Crippen molar-refractivity contribution in [2.45, 2.75) is 0 Å². The van der Waals surface area contributed by atoms with E-state index in [1.54, 1.807) is 0 Å². The first-order valence-electron chi connectivity index (χ1n) is 15.2. The summed E-state index contributed by atoms with van der Waals surface area (Å²) < 4.78 is 9.23. The maximum absolute atomic E-state index is 6.76. The van der Waals surface area contributed by atoms with Gasteiger partial charge in [0.2, 0.25) is 0 Å². The van der Waals surface area contributed by atoms with Crippen molar-refractivity contribution < 1.29 is 4.42 Å². The van der Waals surface area contributed by atoms with Gasteiger partial charge in [-0.15, -0.1) is 11.3 Å². The Morgan fingerprint density at radius 3 is 1.69 bits per heavy atom. The van der Waals surface area contributed by atoms with Gasteiger partial charge in [0.05, 0.1) is 11.1 Å². The highest BCUT2D eigenvalue weighted by Crippen LogP contribution is 2.50. The second-order valence-electron chi connectivity index (χ2n) is 11.3. The Balaban J connectivity index is 1.41. The number of thiophene rings is 1. The lowest BCUT2D eigenvalue weighted by molar-refractivity contribution is 0.673. The molecule has 2 heterocycles. The topological polar surface area (TPSA) is 16.4 Å². The summed E-state index contributed by atoms with van der Waals surface area (Å²) >= 11 is 1.82. The van der Waals surface area contributed by atoms with Crippen LogP contribution in [-0.2, 0) is 0 Å². The molecule has 7 aromatic carbocycles. The van der Waals surface area contributed by atoms with Crippen LogP contribution in [0.2, 0.25) is 0 Å². The van der Waals surface area contributed by atoms with Gasteiger partial charge in [-0.2, -0.15) is 0 Å².